The van der Waals surface area contributed by atoms with Gasteiger partial charge in [0.1, 0.15) is 11.5 Å². The number of carbonyl (C=O) groups excluding carboxylic acids is 1. The lowest BCUT2D eigenvalue weighted by Crippen LogP contribution is -2.49. The number of nitrogens with zero attached hydrogens (tertiary/aromatic N) is 4. The molecule has 1 saturated heterocycles. The van der Waals surface area contributed by atoms with Crippen LogP contribution in [-0.4, -0.2) is 46.5 Å². The van der Waals surface area contributed by atoms with Gasteiger partial charge in [-0.15, -0.1) is 0 Å². The first-order valence-electron chi connectivity index (χ1n) is 11.6. The van der Waals surface area contributed by atoms with Gasteiger partial charge >= 0.3 is 0 Å². The van der Waals surface area contributed by atoms with Crippen LogP contribution in [0, 0.1) is 6.92 Å². The molecular formula is C26H29ClN4O. The van der Waals surface area contributed by atoms with Crippen molar-refractivity contribution in [1.29, 1.82) is 0 Å². The highest BCUT2D eigenvalue weighted by atomic mass is 35.5. The number of carbonyl (C=O) groups is 1. The number of amides is 1. The van der Waals surface area contributed by atoms with Crippen LogP contribution in [0.4, 0.5) is 5.69 Å². The maximum atomic E-state index is 13.6. The number of hydrogen-bond acceptors (Lipinski definition) is 3. The van der Waals surface area contributed by atoms with Gasteiger partial charge in [-0.05, 0) is 44.4 Å². The van der Waals surface area contributed by atoms with E-state index in [1.807, 2.05) is 23.1 Å². The predicted molar refractivity (Wildman–Crippen MR) is 130 cm³/mol. The van der Waals surface area contributed by atoms with E-state index >= 15 is 0 Å². The summed E-state index contributed by atoms with van der Waals surface area (Å²) in [6, 6.07) is 16.4. The topological polar surface area (TPSA) is 41.4 Å². The number of hydrogen-bond donors (Lipinski definition) is 0. The van der Waals surface area contributed by atoms with Gasteiger partial charge in [-0.3, -0.25) is 4.79 Å². The standard InChI is InChI=1S/C26H29ClN4O/c1-19-9-11-20(12-10-19)25-28-24(23-8-3-2-4-13-31(23)25)26(32)30-16-14-29(15-17-30)22-7-5-6-21(27)18-22/h5-7,9-12,18H,2-4,8,13-17H2,1H3. The second-order valence-corrected chi connectivity index (χ2v) is 9.25. The quantitative estimate of drug-likeness (QED) is 0.553. The Balaban J connectivity index is 1.39. The Kier molecular flexibility index (Phi) is 5.92. The number of imidazole rings is 1. The zero-order valence-electron chi connectivity index (χ0n) is 18.6. The van der Waals surface area contributed by atoms with E-state index in [4.69, 9.17) is 16.6 Å². The van der Waals surface area contributed by atoms with Gasteiger partial charge in [0.2, 0.25) is 0 Å². The van der Waals surface area contributed by atoms with Gasteiger partial charge in [-0.25, -0.2) is 4.98 Å². The van der Waals surface area contributed by atoms with Crippen molar-refractivity contribution in [3.05, 3.63) is 70.5 Å². The molecule has 2 aromatic carbocycles. The van der Waals surface area contributed by atoms with Crippen molar-refractivity contribution in [2.24, 2.45) is 0 Å². The third-order valence-corrected chi connectivity index (χ3v) is 6.86. The van der Waals surface area contributed by atoms with Crippen molar-refractivity contribution in [1.82, 2.24) is 14.5 Å². The van der Waals surface area contributed by atoms with Crippen LogP contribution in [0.3, 0.4) is 0 Å². The monoisotopic (exact) mass is 448 g/mol. The number of rotatable bonds is 3. The fourth-order valence-corrected chi connectivity index (χ4v) is 4.99. The van der Waals surface area contributed by atoms with Crippen LogP contribution in [-0.2, 0) is 13.0 Å². The van der Waals surface area contributed by atoms with Crippen molar-refractivity contribution in [3.63, 3.8) is 0 Å². The molecule has 0 aliphatic carbocycles. The minimum Gasteiger partial charge on any atom is -0.368 e. The molecule has 6 heteroatoms. The van der Waals surface area contributed by atoms with Gasteiger partial charge in [0.15, 0.2) is 0 Å². The Morgan fingerprint density at radius 1 is 0.938 bits per heavy atom. The first kappa shape index (κ1) is 21.1. The summed E-state index contributed by atoms with van der Waals surface area (Å²) in [6.45, 7) is 6.00. The molecule has 0 N–H and O–H groups in total. The van der Waals surface area contributed by atoms with Crippen LogP contribution in [0.25, 0.3) is 11.4 Å². The van der Waals surface area contributed by atoms with Crippen LogP contribution in [0.15, 0.2) is 48.5 Å². The van der Waals surface area contributed by atoms with Gasteiger partial charge < -0.3 is 14.4 Å². The van der Waals surface area contributed by atoms with Crippen LogP contribution in [0.1, 0.15) is 41.0 Å². The number of aromatic nitrogens is 2. The van der Waals surface area contributed by atoms with Crippen LogP contribution >= 0.6 is 11.6 Å². The zero-order valence-corrected chi connectivity index (χ0v) is 19.3. The maximum absolute atomic E-state index is 13.6. The largest absolute Gasteiger partial charge is 0.368 e. The molecule has 0 spiro atoms. The second-order valence-electron chi connectivity index (χ2n) is 8.82. The van der Waals surface area contributed by atoms with Gasteiger partial charge in [0, 0.05) is 49.0 Å². The smallest absolute Gasteiger partial charge is 0.274 e. The molecule has 0 bridgehead atoms. The first-order chi connectivity index (χ1) is 15.6. The number of aryl methyl sites for hydroxylation is 1. The van der Waals surface area contributed by atoms with Crippen LogP contribution in [0.5, 0.6) is 0 Å². The molecule has 2 aliphatic rings. The molecule has 0 unspecified atom stereocenters. The molecule has 32 heavy (non-hydrogen) atoms. The van der Waals surface area contributed by atoms with Crippen molar-refractivity contribution in [3.8, 4) is 11.4 Å². The summed E-state index contributed by atoms with van der Waals surface area (Å²) in [4.78, 5) is 22.8. The Morgan fingerprint density at radius 3 is 2.47 bits per heavy atom. The van der Waals surface area contributed by atoms with Crippen molar-refractivity contribution in [2.75, 3.05) is 31.1 Å². The molecule has 166 valence electrons. The molecule has 3 heterocycles. The molecule has 5 rings (SSSR count). The number of anilines is 1. The van der Waals surface area contributed by atoms with Gasteiger partial charge in [0.25, 0.3) is 5.91 Å². The summed E-state index contributed by atoms with van der Waals surface area (Å²) in [6.07, 6.45) is 4.36. The van der Waals surface area contributed by atoms with E-state index < -0.39 is 0 Å². The molecular weight excluding hydrogens is 420 g/mol. The van der Waals surface area contributed by atoms with E-state index in [0.29, 0.717) is 18.8 Å². The molecule has 1 aromatic heterocycles. The summed E-state index contributed by atoms with van der Waals surface area (Å²) in [5.41, 5.74) is 5.19. The number of piperazine rings is 1. The lowest BCUT2D eigenvalue weighted by Gasteiger charge is -2.36. The summed E-state index contributed by atoms with van der Waals surface area (Å²) >= 11 is 6.16. The highest BCUT2D eigenvalue weighted by Crippen LogP contribution is 2.29. The Morgan fingerprint density at radius 2 is 1.72 bits per heavy atom. The predicted octanol–water partition coefficient (Wildman–Crippen LogP) is 5.20. The average Bonchev–Trinajstić information content (AvgIpc) is 3.00. The van der Waals surface area contributed by atoms with Gasteiger partial charge in [0.05, 0.1) is 5.69 Å². The van der Waals surface area contributed by atoms with Gasteiger partial charge in [-0.1, -0.05) is 53.9 Å². The molecule has 0 radical (unpaired) electrons. The Hall–Kier alpha value is -2.79. The van der Waals surface area contributed by atoms with Crippen molar-refractivity contribution < 1.29 is 4.79 Å². The van der Waals surface area contributed by atoms with E-state index in [1.165, 1.54) is 12.0 Å². The minimum atomic E-state index is 0.0692. The third-order valence-electron chi connectivity index (χ3n) is 6.62. The molecule has 0 saturated carbocycles. The highest BCUT2D eigenvalue weighted by Gasteiger charge is 2.29. The summed E-state index contributed by atoms with van der Waals surface area (Å²) in [7, 11) is 0. The SMILES string of the molecule is Cc1ccc(-c2nc(C(=O)N3CCN(c4cccc(Cl)c4)CC3)c3n2CCCCC3)cc1. The summed E-state index contributed by atoms with van der Waals surface area (Å²) in [5.74, 6) is 1.00. The Bertz CT molecular complexity index is 1110. The van der Waals surface area contributed by atoms with Crippen molar-refractivity contribution >= 4 is 23.2 Å². The fraction of sp³-hybridized carbons (Fsp3) is 0.385. The number of fused-ring (bicyclic) bond motifs is 1. The van der Waals surface area contributed by atoms with Crippen molar-refractivity contribution in [2.45, 2.75) is 39.2 Å². The normalized spacial score (nSPS) is 16.6. The number of benzene rings is 2. The third kappa shape index (κ3) is 4.14. The first-order valence-corrected chi connectivity index (χ1v) is 11.9. The molecule has 1 fully saturated rings. The molecule has 1 amide bonds. The Labute approximate surface area is 194 Å². The van der Waals surface area contributed by atoms with Crippen LogP contribution in [0.2, 0.25) is 5.02 Å². The second kappa shape index (κ2) is 8.99. The highest BCUT2D eigenvalue weighted by molar-refractivity contribution is 6.30. The molecule has 2 aliphatic heterocycles. The molecule has 3 aromatic rings. The maximum Gasteiger partial charge on any atom is 0.274 e. The zero-order chi connectivity index (χ0) is 22.1. The van der Waals surface area contributed by atoms with Crippen LogP contribution < -0.4 is 4.90 Å². The molecule has 5 nitrogen and oxygen atoms in total. The van der Waals surface area contributed by atoms with E-state index in [1.54, 1.807) is 0 Å². The van der Waals surface area contributed by atoms with E-state index in [9.17, 15) is 4.79 Å². The lowest BCUT2D eigenvalue weighted by atomic mass is 10.1. The summed E-state index contributed by atoms with van der Waals surface area (Å²) < 4.78 is 2.30. The number of halogens is 1. The average molecular weight is 449 g/mol. The lowest BCUT2D eigenvalue weighted by molar-refractivity contribution is 0.0740. The molecule has 0 atom stereocenters. The van der Waals surface area contributed by atoms with E-state index in [2.05, 4.69) is 46.7 Å². The fourth-order valence-electron chi connectivity index (χ4n) is 4.80. The van der Waals surface area contributed by atoms with E-state index in [-0.39, 0.29) is 5.91 Å². The van der Waals surface area contributed by atoms with Gasteiger partial charge in [-0.2, -0.15) is 0 Å². The summed E-state index contributed by atoms with van der Waals surface area (Å²) in [5, 5.41) is 0.741. The minimum absolute atomic E-state index is 0.0692. The van der Waals surface area contributed by atoms with E-state index in [0.717, 1.165) is 66.7 Å².